The molecule has 0 aliphatic rings. The Kier molecular flexibility index (Phi) is 4.49. The second kappa shape index (κ2) is 4.49. The molecule has 0 fully saturated rings. The minimum Gasteiger partial charge on any atom is -0.746 e. The number of aliphatic hydroxyl groups excluding tert-OH is 1. The van der Waals surface area contributed by atoms with Gasteiger partial charge in [-0.15, -0.1) is 0 Å². The first kappa shape index (κ1) is 13.0. The van der Waals surface area contributed by atoms with Gasteiger partial charge in [0.2, 0.25) is 0 Å². The van der Waals surface area contributed by atoms with Crippen LogP contribution in [0.5, 0.6) is 0 Å². The topological polar surface area (TPSA) is 108 Å². The van der Waals surface area contributed by atoms with Crippen molar-refractivity contribution < 1.29 is 47.6 Å². The average molecular weight is 215 g/mol. The Morgan fingerprint density at radius 2 is 2.23 bits per heavy atom. The summed E-state index contributed by atoms with van der Waals surface area (Å²) in [7, 11) is -3.31. The molecule has 0 saturated heterocycles. The fourth-order valence-corrected chi connectivity index (χ4v) is 1.03. The fourth-order valence-electron chi connectivity index (χ4n) is 0.622. The molecule has 0 spiro atoms. The molecule has 0 amide bonds. The van der Waals surface area contributed by atoms with Crippen LogP contribution in [0, 0.1) is 0 Å². The van der Waals surface area contributed by atoms with Crippen molar-refractivity contribution in [1.29, 1.82) is 0 Å². The van der Waals surface area contributed by atoms with Crippen molar-refractivity contribution in [2.75, 3.05) is 0 Å². The number of rotatable bonds is 2. The van der Waals surface area contributed by atoms with Crippen molar-refractivity contribution in [2.24, 2.45) is 7.05 Å². The number of aryl methyl sites for hydroxylation is 1. The summed E-state index contributed by atoms with van der Waals surface area (Å²) in [6.07, 6.45) is 1.01. The number of hydrogen-bond donors (Lipinski definition) is 1. The van der Waals surface area contributed by atoms with Gasteiger partial charge in [-0.05, 0) is 0 Å². The minimum atomic E-state index is -4.75. The second-order valence-electron chi connectivity index (χ2n) is 2.10. The van der Waals surface area contributed by atoms with E-state index in [2.05, 4.69) is 10.2 Å². The summed E-state index contributed by atoms with van der Waals surface area (Å²) in [6, 6.07) is 0. The van der Waals surface area contributed by atoms with Crippen molar-refractivity contribution >= 4 is 10.1 Å². The number of aliphatic hydroxyl groups is 1. The van der Waals surface area contributed by atoms with Gasteiger partial charge >= 0.3 is 29.6 Å². The molecular weight excluding hydrogens is 209 g/mol. The smallest absolute Gasteiger partial charge is 0.746 e. The van der Waals surface area contributed by atoms with Crippen LogP contribution in [-0.4, -0.2) is 33.1 Å². The SMILES string of the molecule is Cn1ncc(C(O)S(=O)(=O)[O-])n1.[Na+]. The zero-order valence-electron chi connectivity index (χ0n) is 7.08. The molecule has 1 aromatic rings. The third-order valence-electron chi connectivity index (χ3n) is 1.14. The van der Waals surface area contributed by atoms with Crippen molar-refractivity contribution in [3.63, 3.8) is 0 Å². The molecule has 0 aliphatic carbocycles. The monoisotopic (exact) mass is 215 g/mol. The fraction of sp³-hybridized carbons (Fsp3) is 0.500. The van der Waals surface area contributed by atoms with Gasteiger partial charge in [-0.2, -0.15) is 15.0 Å². The van der Waals surface area contributed by atoms with Gasteiger partial charge < -0.3 is 9.66 Å². The molecule has 1 heterocycles. The Morgan fingerprint density at radius 3 is 2.54 bits per heavy atom. The van der Waals surface area contributed by atoms with Crippen LogP contribution in [0.1, 0.15) is 11.1 Å². The van der Waals surface area contributed by atoms with E-state index in [4.69, 9.17) is 5.11 Å². The Balaban J connectivity index is 0.00000144. The summed E-state index contributed by atoms with van der Waals surface area (Å²) < 4.78 is 30.8. The van der Waals surface area contributed by atoms with Gasteiger partial charge in [0.05, 0.1) is 6.20 Å². The molecule has 7 nitrogen and oxygen atoms in total. The summed E-state index contributed by atoms with van der Waals surface area (Å²) >= 11 is 0. The van der Waals surface area contributed by atoms with Gasteiger partial charge in [-0.25, -0.2) is 8.42 Å². The Hall–Kier alpha value is 0.0100. The molecule has 0 saturated carbocycles. The molecule has 0 bridgehead atoms. The van der Waals surface area contributed by atoms with Gasteiger partial charge in [-0.1, -0.05) is 0 Å². The number of aromatic nitrogens is 3. The summed E-state index contributed by atoms with van der Waals surface area (Å²) in [5.74, 6) is 0. The first-order chi connectivity index (χ1) is 5.41. The zero-order chi connectivity index (χ0) is 9.35. The standard InChI is InChI=1S/C4H7N3O4S.Na/c1-7-5-2-3(6-7)4(8)12(9,10)11;/h2,4,8H,1H3,(H,9,10,11);/q;+1/p-1. The molecular formula is C4H6N3NaO4S. The van der Waals surface area contributed by atoms with Crippen LogP contribution in [0.3, 0.4) is 0 Å². The molecule has 1 N–H and O–H groups in total. The van der Waals surface area contributed by atoms with E-state index in [-0.39, 0.29) is 35.3 Å². The molecule has 0 radical (unpaired) electrons. The molecule has 0 aromatic carbocycles. The van der Waals surface area contributed by atoms with Crippen molar-refractivity contribution in [1.82, 2.24) is 15.0 Å². The van der Waals surface area contributed by atoms with E-state index in [0.29, 0.717) is 0 Å². The largest absolute Gasteiger partial charge is 1.00 e. The molecule has 1 unspecified atom stereocenters. The van der Waals surface area contributed by atoms with Gasteiger partial charge in [-0.3, -0.25) is 0 Å². The van der Waals surface area contributed by atoms with Crippen LogP contribution in [0.4, 0.5) is 0 Å². The normalized spacial score (nSPS) is 13.5. The summed E-state index contributed by atoms with van der Waals surface area (Å²) in [5, 5.41) is 15.8. The maximum absolute atomic E-state index is 10.3. The number of nitrogens with zero attached hydrogens (tertiary/aromatic N) is 3. The van der Waals surface area contributed by atoms with Crippen LogP contribution in [0.2, 0.25) is 0 Å². The minimum absolute atomic E-state index is 0. The van der Waals surface area contributed by atoms with Crippen LogP contribution in [-0.2, 0) is 17.2 Å². The van der Waals surface area contributed by atoms with Crippen molar-refractivity contribution in [3.05, 3.63) is 11.9 Å². The third-order valence-corrected chi connectivity index (χ3v) is 1.93. The first-order valence-electron chi connectivity index (χ1n) is 2.90. The van der Waals surface area contributed by atoms with Crippen LogP contribution in [0.25, 0.3) is 0 Å². The Labute approximate surface area is 96.8 Å². The third kappa shape index (κ3) is 3.33. The summed E-state index contributed by atoms with van der Waals surface area (Å²) in [6.45, 7) is 0. The van der Waals surface area contributed by atoms with Crippen LogP contribution in [0.15, 0.2) is 6.20 Å². The maximum Gasteiger partial charge on any atom is 1.00 e. The van der Waals surface area contributed by atoms with Gasteiger partial charge in [0.15, 0.2) is 5.44 Å². The van der Waals surface area contributed by atoms with E-state index in [1.807, 2.05) is 0 Å². The Bertz CT molecular complexity index is 374. The van der Waals surface area contributed by atoms with E-state index in [1.165, 1.54) is 7.05 Å². The molecule has 9 heteroatoms. The summed E-state index contributed by atoms with van der Waals surface area (Å²) in [4.78, 5) is 1.05. The van der Waals surface area contributed by atoms with E-state index in [9.17, 15) is 13.0 Å². The predicted molar refractivity (Wildman–Crippen MR) is 35.7 cm³/mol. The van der Waals surface area contributed by atoms with E-state index >= 15 is 0 Å². The van der Waals surface area contributed by atoms with E-state index in [1.54, 1.807) is 0 Å². The first-order valence-corrected chi connectivity index (χ1v) is 4.37. The van der Waals surface area contributed by atoms with Gasteiger partial charge in [0.1, 0.15) is 15.8 Å². The predicted octanol–water partition coefficient (Wildman–Crippen LogP) is -4.64. The zero-order valence-corrected chi connectivity index (χ0v) is 9.89. The Morgan fingerprint density at radius 1 is 1.69 bits per heavy atom. The molecule has 1 atom stereocenters. The van der Waals surface area contributed by atoms with E-state index in [0.717, 1.165) is 11.0 Å². The average Bonchev–Trinajstić information content (AvgIpc) is 2.32. The quantitative estimate of drug-likeness (QED) is 0.392. The molecule has 1 rings (SSSR count). The molecule has 13 heavy (non-hydrogen) atoms. The molecule has 1 aromatic heterocycles. The molecule has 0 aliphatic heterocycles. The van der Waals surface area contributed by atoms with E-state index < -0.39 is 15.6 Å². The summed E-state index contributed by atoms with van der Waals surface area (Å²) in [5.41, 5.74) is -2.40. The van der Waals surface area contributed by atoms with Crippen molar-refractivity contribution in [2.45, 2.75) is 5.44 Å². The van der Waals surface area contributed by atoms with Gasteiger partial charge in [0, 0.05) is 7.05 Å². The van der Waals surface area contributed by atoms with Crippen molar-refractivity contribution in [3.8, 4) is 0 Å². The van der Waals surface area contributed by atoms with Crippen LogP contribution >= 0.6 is 0 Å². The molecule has 68 valence electrons. The number of hydrogen-bond acceptors (Lipinski definition) is 6. The second-order valence-corrected chi connectivity index (χ2v) is 3.54. The van der Waals surface area contributed by atoms with Gasteiger partial charge in [0.25, 0.3) is 0 Å². The van der Waals surface area contributed by atoms with Crippen LogP contribution < -0.4 is 29.6 Å². The maximum atomic E-state index is 10.3.